The van der Waals surface area contributed by atoms with Crippen LogP contribution in [-0.2, 0) is 0 Å². The largest absolute Gasteiger partial charge is 0.0728 e. The van der Waals surface area contributed by atoms with Crippen molar-refractivity contribution >= 4 is 5.57 Å². The van der Waals surface area contributed by atoms with E-state index in [-0.39, 0.29) is 0 Å². The summed E-state index contributed by atoms with van der Waals surface area (Å²) in [5, 5.41) is 0. The van der Waals surface area contributed by atoms with Gasteiger partial charge in [0.15, 0.2) is 0 Å². The summed E-state index contributed by atoms with van der Waals surface area (Å²) < 4.78 is 0. The number of hydrogen-bond donors (Lipinski definition) is 0. The fraction of sp³-hybridized carbons (Fsp3) is 0.125. The minimum atomic E-state index is 0.622. The third kappa shape index (κ3) is 1.67. The van der Waals surface area contributed by atoms with Gasteiger partial charge in [-0.3, -0.25) is 0 Å². The molecule has 0 saturated heterocycles. The summed E-state index contributed by atoms with van der Waals surface area (Å²) in [6.45, 7) is 0. The lowest BCUT2D eigenvalue weighted by Crippen LogP contribution is -2.07. The molecule has 0 unspecified atom stereocenters. The quantitative estimate of drug-likeness (QED) is 0.688. The van der Waals surface area contributed by atoms with E-state index in [0.717, 1.165) is 0 Å². The summed E-state index contributed by atoms with van der Waals surface area (Å²) in [6, 6.07) is 21.4. The van der Waals surface area contributed by atoms with Crippen molar-refractivity contribution in [1.29, 1.82) is 0 Å². The minimum absolute atomic E-state index is 0.622. The van der Waals surface area contributed by atoms with Gasteiger partial charge in [-0.1, -0.05) is 66.7 Å². The molecule has 0 heteroatoms. The first kappa shape index (κ1) is 9.41. The molecule has 78 valence electrons. The van der Waals surface area contributed by atoms with Crippen LogP contribution in [0.1, 0.15) is 23.5 Å². The van der Waals surface area contributed by atoms with Gasteiger partial charge in [-0.25, -0.2) is 0 Å². The van der Waals surface area contributed by atoms with E-state index in [9.17, 15) is 0 Å². The van der Waals surface area contributed by atoms with Crippen LogP contribution in [0.3, 0.4) is 0 Å². The van der Waals surface area contributed by atoms with Gasteiger partial charge in [-0.2, -0.15) is 0 Å². The highest BCUT2D eigenvalue weighted by Crippen LogP contribution is 2.40. The molecule has 0 nitrogen and oxygen atoms in total. The topological polar surface area (TPSA) is 0 Å². The second-order valence-corrected chi connectivity index (χ2v) is 4.28. The fourth-order valence-electron chi connectivity index (χ4n) is 2.23. The Kier molecular flexibility index (Phi) is 2.34. The Bertz CT molecular complexity index is 494. The highest BCUT2D eigenvalue weighted by Gasteiger charge is 2.21. The summed E-state index contributed by atoms with van der Waals surface area (Å²) in [7, 11) is 0. The number of hydrogen-bond acceptors (Lipinski definition) is 0. The Morgan fingerprint density at radius 1 is 0.750 bits per heavy atom. The molecular weight excluding hydrogens is 192 g/mol. The van der Waals surface area contributed by atoms with Crippen LogP contribution in [0, 0.1) is 0 Å². The lowest BCUT2D eigenvalue weighted by Gasteiger charge is -2.26. The zero-order chi connectivity index (χ0) is 10.8. The first-order valence-corrected chi connectivity index (χ1v) is 5.74. The Morgan fingerprint density at radius 2 is 1.31 bits per heavy atom. The smallest absolute Gasteiger partial charge is 0.00645 e. The summed E-state index contributed by atoms with van der Waals surface area (Å²) in [6.07, 6.45) is 3.55. The molecule has 0 radical (unpaired) electrons. The molecule has 0 fully saturated rings. The second-order valence-electron chi connectivity index (χ2n) is 4.28. The van der Waals surface area contributed by atoms with Crippen molar-refractivity contribution in [3.8, 4) is 0 Å². The first-order valence-electron chi connectivity index (χ1n) is 5.74. The van der Waals surface area contributed by atoms with Crippen LogP contribution in [-0.4, -0.2) is 0 Å². The molecule has 0 heterocycles. The molecule has 2 aromatic carbocycles. The lowest BCUT2D eigenvalue weighted by molar-refractivity contribution is 0.815. The van der Waals surface area contributed by atoms with E-state index in [2.05, 4.69) is 66.7 Å². The molecule has 0 bridgehead atoms. The molecule has 0 N–H and O–H groups in total. The Morgan fingerprint density at radius 3 is 1.94 bits per heavy atom. The van der Waals surface area contributed by atoms with Crippen molar-refractivity contribution < 1.29 is 0 Å². The van der Waals surface area contributed by atoms with Crippen molar-refractivity contribution in [3.05, 3.63) is 77.9 Å². The normalized spacial score (nSPS) is 18.8. The number of benzene rings is 2. The van der Waals surface area contributed by atoms with Gasteiger partial charge in [0.2, 0.25) is 0 Å². The summed E-state index contributed by atoms with van der Waals surface area (Å²) in [5.74, 6) is 0.622. The average Bonchev–Trinajstić information content (AvgIpc) is 2.30. The van der Waals surface area contributed by atoms with Crippen LogP contribution in [0.4, 0.5) is 0 Å². The zero-order valence-electron chi connectivity index (χ0n) is 9.14. The summed E-state index contributed by atoms with van der Waals surface area (Å²) >= 11 is 0. The molecule has 0 amide bonds. The van der Waals surface area contributed by atoms with Crippen LogP contribution in [0.15, 0.2) is 66.7 Å². The monoisotopic (exact) mass is 206 g/mol. The van der Waals surface area contributed by atoms with Crippen molar-refractivity contribution in [2.75, 3.05) is 0 Å². The fourth-order valence-corrected chi connectivity index (χ4v) is 2.23. The molecule has 1 aliphatic carbocycles. The highest BCUT2D eigenvalue weighted by molar-refractivity contribution is 5.73. The first-order chi connectivity index (χ1) is 7.93. The van der Waals surface area contributed by atoms with Crippen molar-refractivity contribution in [1.82, 2.24) is 0 Å². The third-order valence-electron chi connectivity index (χ3n) is 3.21. The Labute approximate surface area is 96.3 Å². The van der Waals surface area contributed by atoms with Crippen LogP contribution in [0.5, 0.6) is 0 Å². The van der Waals surface area contributed by atoms with E-state index in [1.54, 1.807) is 0 Å². The maximum Gasteiger partial charge on any atom is 0.00645 e. The summed E-state index contributed by atoms with van der Waals surface area (Å²) in [4.78, 5) is 0. The predicted octanol–water partition coefficient (Wildman–Crippen LogP) is 4.26. The van der Waals surface area contributed by atoms with E-state index in [4.69, 9.17) is 0 Å². The Balaban J connectivity index is 1.81. The number of rotatable bonds is 2. The molecule has 0 spiro atoms. The predicted molar refractivity (Wildman–Crippen MR) is 68.2 cm³/mol. The zero-order valence-corrected chi connectivity index (χ0v) is 9.14. The van der Waals surface area contributed by atoms with Gasteiger partial charge in [-0.05, 0) is 23.1 Å². The molecule has 2 aromatic rings. The highest BCUT2D eigenvalue weighted by atomic mass is 14.2. The molecule has 0 aromatic heterocycles. The third-order valence-corrected chi connectivity index (χ3v) is 3.21. The molecule has 0 saturated carbocycles. The number of allylic oxidation sites excluding steroid dienone is 2. The van der Waals surface area contributed by atoms with Gasteiger partial charge in [0.1, 0.15) is 0 Å². The second kappa shape index (κ2) is 3.97. The molecule has 0 aliphatic heterocycles. The SMILES string of the molecule is C1=C(c2ccccc2)C[C@H]1c1ccccc1. The maximum atomic E-state index is 2.38. The molecule has 1 aliphatic rings. The standard InChI is InChI=1S/C16H14/c1-3-7-13(8-4-1)15-11-16(12-15)14-9-5-2-6-10-14/h1-11,15H,12H2/t15-/m0/s1. The van der Waals surface area contributed by atoms with E-state index in [1.165, 1.54) is 23.1 Å². The maximum absolute atomic E-state index is 2.38. The van der Waals surface area contributed by atoms with E-state index in [0.29, 0.717) is 5.92 Å². The summed E-state index contributed by atoms with van der Waals surface area (Å²) in [5.41, 5.74) is 4.28. The van der Waals surface area contributed by atoms with E-state index in [1.807, 2.05) is 0 Å². The van der Waals surface area contributed by atoms with Crippen molar-refractivity contribution in [3.63, 3.8) is 0 Å². The minimum Gasteiger partial charge on any atom is -0.0728 e. The van der Waals surface area contributed by atoms with Gasteiger partial charge >= 0.3 is 0 Å². The van der Waals surface area contributed by atoms with Crippen LogP contribution >= 0.6 is 0 Å². The molecule has 1 atom stereocenters. The van der Waals surface area contributed by atoms with Crippen LogP contribution in [0.2, 0.25) is 0 Å². The van der Waals surface area contributed by atoms with Gasteiger partial charge in [0.25, 0.3) is 0 Å². The average molecular weight is 206 g/mol. The Hall–Kier alpha value is -1.82. The molecule has 16 heavy (non-hydrogen) atoms. The lowest BCUT2D eigenvalue weighted by atomic mass is 9.78. The molecule has 3 rings (SSSR count). The van der Waals surface area contributed by atoms with Gasteiger partial charge in [0, 0.05) is 5.92 Å². The van der Waals surface area contributed by atoms with Gasteiger partial charge in [0.05, 0.1) is 0 Å². The molecular formula is C16H14. The van der Waals surface area contributed by atoms with Crippen molar-refractivity contribution in [2.45, 2.75) is 12.3 Å². The van der Waals surface area contributed by atoms with Gasteiger partial charge < -0.3 is 0 Å². The van der Waals surface area contributed by atoms with Crippen molar-refractivity contribution in [2.24, 2.45) is 0 Å². The van der Waals surface area contributed by atoms with Crippen LogP contribution < -0.4 is 0 Å². The van der Waals surface area contributed by atoms with Crippen LogP contribution in [0.25, 0.3) is 5.57 Å². The van der Waals surface area contributed by atoms with Gasteiger partial charge in [-0.15, -0.1) is 0 Å². The van der Waals surface area contributed by atoms with E-state index >= 15 is 0 Å². The van der Waals surface area contributed by atoms with E-state index < -0.39 is 0 Å².